The molecule has 1 unspecified atom stereocenters. The molecule has 1 aliphatic rings. The summed E-state index contributed by atoms with van der Waals surface area (Å²) in [5.74, 6) is 0.558. The van der Waals surface area contributed by atoms with Crippen LogP contribution in [0.1, 0.15) is 48.9 Å². The predicted octanol–water partition coefficient (Wildman–Crippen LogP) is 1.97. The van der Waals surface area contributed by atoms with E-state index >= 15 is 0 Å². The van der Waals surface area contributed by atoms with Crippen LogP contribution in [0.5, 0.6) is 11.5 Å². The summed E-state index contributed by atoms with van der Waals surface area (Å²) in [5, 5.41) is 10.2. The van der Waals surface area contributed by atoms with E-state index in [1.165, 1.54) is 0 Å². The number of esters is 1. The Kier molecular flexibility index (Phi) is 4.84. The summed E-state index contributed by atoms with van der Waals surface area (Å²) in [6, 6.07) is 0. The molecule has 0 radical (unpaired) electrons. The van der Waals surface area contributed by atoms with Crippen molar-refractivity contribution in [3.05, 3.63) is 22.3 Å². The Balaban J connectivity index is 2.20. The summed E-state index contributed by atoms with van der Waals surface area (Å²) in [5.41, 5.74) is 12.9. The minimum Gasteiger partial charge on any atom is -0.507 e. The van der Waals surface area contributed by atoms with Crippen LogP contribution in [0.3, 0.4) is 0 Å². The highest BCUT2D eigenvalue weighted by Gasteiger charge is 2.42. The summed E-state index contributed by atoms with van der Waals surface area (Å²) < 4.78 is 11.4. The van der Waals surface area contributed by atoms with E-state index in [0.29, 0.717) is 30.8 Å². The lowest BCUT2D eigenvalue weighted by atomic mass is 9.87. The highest BCUT2D eigenvalue weighted by Crippen LogP contribution is 2.43. The number of phenols is 1. The maximum atomic E-state index is 12.5. The number of benzene rings is 1. The van der Waals surface area contributed by atoms with Crippen LogP contribution in [0.15, 0.2) is 0 Å². The maximum absolute atomic E-state index is 12.5. The van der Waals surface area contributed by atoms with Gasteiger partial charge in [-0.25, -0.2) is 4.79 Å². The number of aromatic hydroxyl groups is 1. The molecule has 0 fully saturated rings. The number of hydrogen-bond acceptors (Lipinski definition) is 6. The third-order valence-corrected chi connectivity index (χ3v) is 4.83. The van der Waals surface area contributed by atoms with Crippen molar-refractivity contribution in [2.75, 3.05) is 6.61 Å². The Bertz CT molecular complexity index is 664. The van der Waals surface area contributed by atoms with Crippen LogP contribution >= 0.6 is 0 Å². The molecule has 0 aliphatic carbocycles. The largest absolute Gasteiger partial charge is 0.507 e. The van der Waals surface area contributed by atoms with Crippen LogP contribution in [0, 0.1) is 20.8 Å². The van der Waals surface area contributed by atoms with E-state index in [0.717, 1.165) is 22.3 Å². The van der Waals surface area contributed by atoms with Crippen LogP contribution < -0.4 is 16.2 Å². The number of hydrogen-bond donors (Lipinski definition) is 3. The number of phenolic OH excluding ortho intramolecular Hbond substituents is 1. The Morgan fingerprint density at radius 1 is 1.29 bits per heavy atom. The first-order chi connectivity index (χ1) is 11.0. The normalized spacial score (nSPS) is 20.3. The fourth-order valence-corrected chi connectivity index (χ4v) is 2.91. The Morgan fingerprint density at radius 2 is 1.92 bits per heavy atom. The molecular weight excluding hydrogens is 308 g/mol. The van der Waals surface area contributed by atoms with Crippen molar-refractivity contribution >= 4 is 5.97 Å². The van der Waals surface area contributed by atoms with Crippen LogP contribution in [-0.2, 0) is 16.0 Å². The van der Waals surface area contributed by atoms with Gasteiger partial charge in [0.05, 0.1) is 12.3 Å². The number of rotatable bonds is 4. The zero-order valence-electron chi connectivity index (χ0n) is 15.2. The van der Waals surface area contributed by atoms with E-state index < -0.39 is 17.2 Å². The van der Waals surface area contributed by atoms with Gasteiger partial charge in [0.25, 0.3) is 0 Å². The highest BCUT2D eigenvalue weighted by molar-refractivity contribution is 5.80. The van der Waals surface area contributed by atoms with Crippen molar-refractivity contribution in [2.45, 2.75) is 65.1 Å². The summed E-state index contributed by atoms with van der Waals surface area (Å²) in [6.45, 7) is 9.17. The monoisotopic (exact) mass is 336 g/mol. The van der Waals surface area contributed by atoms with Crippen molar-refractivity contribution in [1.82, 2.24) is 0 Å². The van der Waals surface area contributed by atoms with E-state index in [2.05, 4.69) is 0 Å². The second-order valence-corrected chi connectivity index (χ2v) is 7.26. The zero-order valence-corrected chi connectivity index (χ0v) is 15.2. The van der Waals surface area contributed by atoms with Crippen molar-refractivity contribution in [3.8, 4) is 11.5 Å². The molecule has 24 heavy (non-hydrogen) atoms. The molecule has 2 rings (SSSR count). The predicted molar refractivity (Wildman–Crippen MR) is 92.0 cm³/mol. The van der Waals surface area contributed by atoms with Crippen molar-refractivity contribution in [2.24, 2.45) is 11.5 Å². The minimum atomic E-state index is -1.05. The fourth-order valence-electron chi connectivity index (χ4n) is 2.91. The molecule has 6 nitrogen and oxygen atoms in total. The molecule has 1 aliphatic heterocycles. The zero-order chi connectivity index (χ0) is 18.3. The molecule has 1 aromatic rings. The summed E-state index contributed by atoms with van der Waals surface area (Å²) in [4.78, 5) is 12.5. The Morgan fingerprint density at radius 3 is 2.50 bits per heavy atom. The first kappa shape index (κ1) is 18.5. The summed E-state index contributed by atoms with van der Waals surface area (Å²) in [6.07, 6.45) is 1.51. The molecule has 0 saturated heterocycles. The van der Waals surface area contributed by atoms with Crippen molar-refractivity contribution in [1.29, 1.82) is 0 Å². The average Bonchev–Trinajstić information content (AvgIpc) is 2.49. The molecule has 0 bridgehead atoms. The Labute approximate surface area is 143 Å². The number of carbonyl (C=O) groups is 1. The lowest BCUT2D eigenvalue weighted by molar-refractivity contribution is -0.162. The molecule has 1 atom stereocenters. The van der Waals surface area contributed by atoms with Gasteiger partial charge in [-0.15, -0.1) is 0 Å². The summed E-state index contributed by atoms with van der Waals surface area (Å²) >= 11 is 0. The number of ether oxygens (including phenoxy) is 2. The molecule has 0 aromatic heterocycles. The highest BCUT2D eigenvalue weighted by atomic mass is 16.6. The van der Waals surface area contributed by atoms with Gasteiger partial charge in [-0.1, -0.05) is 0 Å². The summed E-state index contributed by atoms with van der Waals surface area (Å²) in [7, 11) is 0. The van der Waals surface area contributed by atoms with E-state index in [9.17, 15) is 9.90 Å². The molecule has 1 aromatic carbocycles. The van der Waals surface area contributed by atoms with Gasteiger partial charge in [0.2, 0.25) is 5.60 Å². The standard InChI is InChI=1S/C18H28N2O4/c1-10-11(2)15-13(12(3)14(10)21)6-7-17(4,24-15)16(22)23-9-8-18(5,19)20/h21H,6-9,19-20H2,1-5H3. The van der Waals surface area contributed by atoms with Crippen LogP contribution in [-0.4, -0.2) is 28.9 Å². The molecular formula is C18H28N2O4. The van der Waals surface area contributed by atoms with Gasteiger partial charge in [0.1, 0.15) is 11.5 Å². The van der Waals surface area contributed by atoms with E-state index in [-0.39, 0.29) is 6.61 Å². The topological polar surface area (TPSA) is 108 Å². The van der Waals surface area contributed by atoms with Crippen LogP contribution in [0.25, 0.3) is 0 Å². The van der Waals surface area contributed by atoms with Gasteiger partial charge in [-0.2, -0.15) is 0 Å². The van der Waals surface area contributed by atoms with Crippen LogP contribution in [0.2, 0.25) is 0 Å². The average molecular weight is 336 g/mol. The van der Waals surface area contributed by atoms with Gasteiger partial charge in [0.15, 0.2) is 0 Å². The maximum Gasteiger partial charge on any atom is 0.350 e. The van der Waals surface area contributed by atoms with Gasteiger partial charge in [0, 0.05) is 18.4 Å². The van der Waals surface area contributed by atoms with Crippen molar-refractivity contribution in [3.63, 3.8) is 0 Å². The van der Waals surface area contributed by atoms with E-state index in [1.54, 1.807) is 13.8 Å². The Hall–Kier alpha value is -1.79. The second-order valence-electron chi connectivity index (χ2n) is 7.26. The SMILES string of the molecule is Cc1c(C)c2c(c(C)c1O)CCC(C)(C(=O)OCCC(C)(N)N)O2. The molecule has 134 valence electrons. The van der Waals surface area contributed by atoms with Crippen LogP contribution in [0.4, 0.5) is 0 Å². The quantitative estimate of drug-likeness (QED) is 0.573. The lowest BCUT2D eigenvalue weighted by Gasteiger charge is -2.36. The van der Waals surface area contributed by atoms with Gasteiger partial charge < -0.3 is 26.0 Å². The smallest absolute Gasteiger partial charge is 0.350 e. The van der Waals surface area contributed by atoms with Gasteiger partial charge in [-0.3, -0.25) is 0 Å². The first-order valence-electron chi connectivity index (χ1n) is 8.22. The molecule has 0 saturated carbocycles. The third kappa shape index (κ3) is 3.49. The first-order valence-corrected chi connectivity index (χ1v) is 8.22. The number of nitrogens with two attached hydrogens (primary N) is 2. The molecule has 6 heteroatoms. The van der Waals surface area contributed by atoms with Gasteiger partial charge >= 0.3 is 5.97 Å². The third-order valence-electron chi connectivity index (χ3n) is 4.83. The molecule has 1 heterocycles. The molecule has 5 N–H and O–H groups in total. The minimum absolute atomic E-state index is 0.154. The van der Waals surface area contributed by atoms with E-state index in [1.807, 2.05) is 20.8 Å². The van der Waals surface area contributed by atoms with Crippen molar-refractivity contribution < 1.29 is 19.4 Å². The molecule has 0 spiro atoms. The number of fused-ring (bicyclic) bond motifs is 1. The van der Waals surface area contributed by atoms with E-state index in [4.69, 9.17) is 20.9 Å². The molecule has 0 amide bonds. The number of carbonyl (C=O) groups excluding carboxylic acids is 1. The second kappa shape index (κ2) is 6.26. The van der Waals surface area contributed by atoms with Gasteiger partial charge in [-0.05, 0) is 57.7 Å². The fraction of sp³-hybridized carbons (Fsp3) is 0.611. The lowest BCUT2D eigenvalue weighted by Crippen LogP contribution is -2.49.